The van der Waals surface area contributed by atoms with Gasteiger partial charge in [0, 0.05) is 25.7 Å². The highest BCUT2D eigenvalue weighted by Gasteiger charge is 2.25. The first-order valence-corrected chi connectivity index (χ1v) is 8.37. The molecular weight excluding hydrogens is 292 g/mol. The maximum Gasteiger partial charge on any atom is 0.239 e. The number of ether oxygens (including phenoxy) is 2. The first-order valence-electron chi connectivity index (χ1n) is 8.37. The zero-order valence-corrected chi connectivity index (χ0v) is 14.5. The average molecular weight is 320 g/mol. The van der Waals surface area contributed by atoms with E-state index in [9.17, 15) is 4.79 Å². The van der Waals surface area contributed by atoms with E-state index in [1.54, 1.807) is 7.11 Å². The second-order valence-electron chi connectivity index (χ2n) is 6.07. The van der Waals surface area contributed by atoms with E-state index in [1.165, 1.54) is 0 Å². The fraction of sp³-hybridized carbons (Fsp3) is 0.611. The molecule has 2 rings (SSSR count). The van der Waals surface area contributed by atoms with Crippen molar-refractivity contribution in [1.29, 1.82) is 0 Å². The molecule has 0 bridgehead atoms. The van der Waals surface area contributed by atoms with Crippen LogP contribution in [0.5, 0.6) is 11.5 Å². The number of rotatable bonds is 8. The topological polar surface area (TPSA) is 42.0 Å². The summed E-state index contributed by atoms with van der Waals surface area (Å²) in [5.74, 6) is 1.86. The third-order valence-corrected chi connectivity index (χ3v) is 4.40. The normalized spacial score (nSPS) is 15.7. The first-order chi connectivity index (χ1) is 11.1. The minimum Gasteiger partial charge on any atom is -0.497 e. The Bertz CT molecular complexity index is 501. The molecular formula is C18H28N2O3. The van der Waals surface area contributed by atoms with Crippen LogP contribution < -0.4 is 9.47 Å². The molecule has 0 aromatic heterocycles. The molecule has 0 radical (unpaired) electrons. The molecule has 0 unspecified atom stereocenters. The third kappa shape index (κ3) is 5.13. The summed E-state index contributed by atoms with van der Waals surface area (Å²) < 4.78 is 10.9. The Balaban J connectivity index is 1.69. The summed E-state index contributed by atoms with van der Waals surface area (Å²) in [4.78, 5) is 16.4. The lowest BCUT2D eigenvalue weighted by Crippen LogP contribution is -2.45. The number of amides is 1. The van der Waals surface area contributed by atoms with E-state index in [1.807, 2.05) is 43.1 Å². The van der Waals surface area contributed by atoms with Gasteiger partial charge < -0.3 is 14.4 Å². The maximum atomic E-state index is 12.4. The van der Waals surface area contributed by atoms with E-state index in [2.05, 4.69) is 4.90 Å². The van der Waals surface area contributed by atoms with Crippen molar-refractivity contribution in [2.45, 2.75) is 32.2 Å². The van der Waals surface area contributed by atoms with E-state index in [0.29, 0.717) is 6.61 Å². The van der Waals surface area contributed by atoms with Crippen molar-refractivity contribution in [3.63, 3.8) is 0 Å². The molecule has 23 heavy (non-hydrogen) atoms. The van der Waals surface area contributed by atoms with Crippen molar-refractivity contribution in [3.8, 4) is 11.5 Å². The predicted molar refractivity (Wildman–Crippen MR) is 91.0 cm³/mol. The molecule has 0 N–H and O–H groups in total. The summed E-state index contributed by atoms with van der Waals surface area (Å²) in [5, 5.41) is 0. The monoisotopic (exact) mass is 320 g/mol. The molecule has 1 aromatic rings. The van der Waals surface area contributed by atoms with Gasteiger partial charge in [-0.05, 0) is 45.4 Å². The lowest BCUT2D eigenvalue weighted by Gasteiger charge is -2.27. The van der Waals surface area contributed by atoms with Crippen LogP contribution >= 0.6 is 0 Å². The highest BCUT2D eigenvalue weighted by atomic mass is 16.5. The number of hydrogen-bond donors (Lipinski definition) is 0. The minimum atomic E-state index is -0.0649. The number of carbonyl (C=O) groups is 1. The van der Waals surface area contributed by atoms with Gasteiger partial charge in [-0.2, -0.15) is 0 Å². The van der Waals surface area contributed by atoms with Crippen LogP contribution in [-0.4, -0.2) is 62.1 Å². The number of benzene rings is 1. The van der Waals surface area contributed by atoms with E-state index in [0.717, 1.165) is 50.4 Å². The second kappa shape index (κ2) is 8.77. The standard InChI is InChI=1S/C18H28N2O3/c1-15(18(21)20-11-4-5-12-20)19(2)10-7-13-23-17-9-6-8-16(14-17)22-3/h6,8-9,14-15H,4-5,7,10-13H2,1-3H3/t15-/m1/s1. The molecule has 1 aliphatic heterocycles. The Morgan fingerprint density at radius 1 is 1.30 bits per heavy atom. The van der Waals surface area contributed by atoms with Crippen molar-refractivity contribution in [2.24, 2.45) is 0 Å². The average Bonchev–Trinajstić information content (AvgIpc) is 3.12. The van der Waals surface area contributed by atoms with Gasteiger partial charge in [0.15, 0.2) is 0 Å². The van der Waals surface area contributed by atoms with Crippen LogP contribution in [0.25, 0.3) is 0 Å². The van der Waals surface area contributed by atoms with Crippen LogP contribution in [0.15, 0.2) is 24.3 Å². The van der Waals surface area contributed by atoms with E-state index in [4.69, 9.17) is 9.47 Å². The molecule has 1 saturated heterocycles. The van der Waals surface area contributed by atoms with Gasteiger partial charge in [0.05, 0.1) is 19.8 Å². The van der Waals surface area contributed by atoms with Crippen LogP contribution in [0, 0.1) is 0 Å². The van der Waals surface area contributed by atoms with E-state index >= 15 is 0 Å². The maximum absolute atomic E-state index is 12.4. The number of nitrogens with zero attached hydrogens (tertiary/aromatic N) is 2. The number of carbonyl (C=O) groups excluding carboxylic acids is 1. The van der Waals surface area contributed by atoms with Crippen molar-refractivity contribution in [1.82, 2.24) is 9.80 Å². The van der Waals surface area contributed by atoms with E-state index in [-0.39, 0.29) is 11.9 Å². The largest absolute Gasteiger partial charge is 0.497 e. The quantitative estimate of drug-likeness (QED) is 0.690. The summed E-state index contributed by atoms with van der Waals surface area (Å²) in [6.07, 6.45) is 3.15. The highest BCUT2D eigenvalue weighted by Crippen LogP contribution is 2.19. The van der Waals surface area contributed by atoms with Crippen molar-refractivity contribution in [3.05, 3.63) is 24.3 Å². The fourth-order valence-electron chi connectivity index (χ4n) is 2.78. The summed E-state index contributed by atoms with van der Waals surface area (Å²) in [7, 11) is 3.65. The second-order valence-corrected chi connectivity index (χ2v) is 6.07. The smallest absolute Gasteiger partial charge is 0.239 e. The number of likely N-dealkylation sites (N-methyl/N-ethyl adjacent to an activating group) is 1. The van der Waals surface area contributed by atoms with E-state index < -0.39 is 0 Å². The first kappa shape index (κ1) is 17.6. The lowest BCUT2D eigenvalue weighted by atomic mass is 10.2. The summed E-state index contributed by atoms with van der Waals surface area (Å²) in [6, 6.07) is 7.54. The van der Waals surface area contributed by atoms with Crippen LogP contribution in [0.1, 0.15) is 26.2 Å². The van der Waals surface area contributed by atoms with Gasteiger partial charge in [0.2, 0.25) is 5.91 Å². The molecule has 1 fully saturated rings. The zero-order chi connectivity index (χ0) is 16.7. The van der Waals surface area contributed by atoms with Crippen molar-refractivity contribution >= 4 is 5.91 Å². The van der Waals surface area contributed by atoms with Gasteiger partial charge in [-0.3, -0.25) is 9.69 Å². The van der Waals surface area contributed by atoms with Crippen LogP contribution in [0.4, 0.5) is 0 Å². The Labute approximate surface area is 139 Å². The lowest BCUT2D eigenvalue weighted by molar-refractivity contribution is -0.134. The minimum absolute atomic E-state index is 0.0649. The fourth-order valence-corrected chi connectivity index (χ4v) is 2.78. The predicted octanol–water partition coefficient (Wildman–Crippen LogP) is 2.41. The molecule has 1 aliphatic rings. The van der Waals surface area contributed by atoms with Crippen LogP contribution in [0.2, 0.25) is 0 Å². The molecule has 0 aliphatic carbocycles. The van der Waals surface area contributed by atoms with Gasteiger partial charge in [0.25, 0.3) is 0 Å². The molecule has 1 atom stereocenters. The van der Waals surface area contributed by atoms with Crippen molar-refractivity contribution < 1.29 is 14.3 Å². The molecule has 1 aromatic carbocycles. The van der Waals surface area contributed by atoms with Gasteiger partial charge in [-0.25, -0.2) is 0 Å². The summed E-state index contributed by atoms with van der Waals surface area (Å²) in [5.41, 5.74) is 0. The van der Waals surface area contributed by atoms with Crippen LogP contribution in [-0.2, 0) is 4.79 Å². The Morgan fingerprint density at radius 3 is 2.70 bits per heavy atom. The Kier molecular flexibility index (Phi) is 6.71. The van der Waals surface area contributed by atoms with Gasteiger partial charge in [-0.15, -0.1) is 0 Å². The zero-order valence-electron chi connectivity index (χ0n) is 14.5. The number of likely N-dealkylation sites (tertiary alicyclic amines) is 1. The molecule has 1 heterocycles. The molecule has 128 valence electrons. The highest BCUT2D eigenvalue weighted by molar-refractivity contribution is 5.81. The number of methoxy groups -OCH3 is 1. The molecule has 5 heteroatoms. The van der Waals surface area contributed by atoms with Gasteiger partial charge in [0.1, 0.15) is 11.5 Å². The van der Waals surface area contributed by atoms with Crippen LogP contribution in [0.3, 0.4) is 0 Å². The molecule has 0 saturated carbocycles. The molecule has 1 amide bonds. The van der Waals surface area contributed by atoms with Crippen molar-refractivity contribution in [2.75, 3.05) is 40.4 Å². The Hall–Kier alpha value is -1.75. The third-order valence-electron chi connectivity index (χ3n) is 4.40. The summed E-state index contributed by atoms with van der Waals surface area (Å²) in [6.45, 7) is 5.28. The van der Waals surface area contributed by atoms with Gasteiger partial charge in [-0.1, -0.05) is 6.07 Å². The molecule has 5 nitrogen and oxygen atoms in total. The Morgan fingerprint density at radius 2 is 2.00 bits per heavy atom. The molecule has 0 spiro atoms. The number of hydrogen-bond acceptors (Lipinski definition) is 4. The summed E-state index contributed by atoms with van der Waals surface area (Å²) >= 11 is 0. The SMILES string of the molecule is COc1cccc(OCCCN(C)[C@H](C)C(=O)N2CCCC2)c1. The van der Waals surface area contributed by atoms with Gasteiger partial charge >= 0.3 is 0 Å².